The fourth-order valence-corrected chi connectivity index (χ4v) is 1.07. The molecule has 12 heavy (non-hydrogen) atoms. The van der Waals surface area contributed by atoms with E-state index in [4.69, 9.17) is 4.74 Å². The molecule has 0 amide bonds. The number of H-pyrrole nitrogens is 1. The molecule has 0 atom stereocenters. The van der Waals surface area contributed by atoms with Crippen molar-refractivity contribution in [2.24, 2.45) is 4.99 Å². The maximum atomic E-state index is 10.9. The van der Waals surface area contributed by atoms with Crippen LogP contribution in [0.15, 0.2) is 28.0 Å². The molecule has 0 aromatic carbocycles. The van der Waals surface area contributed by atoms with Crippen molar-refractivity contribution in [3.05, 3.63) is 34.2 Å². The minimum absolute atomic E-state index is 0.134. The second-order valence-electron chi connectivity index (χ2n) is 2.46. The summed E-state index contributed by atoms with van der Waals surface area (Å²) in [6.07, 6.45) is 0. The number of ether oxygens (including phenoxy) is 1. The van der Waals surface area contributed by atoms with Crippen LogP contribution in [0.4, 0.5) is 0 Å². The summed E-state index contributed by atoms with van der Waals surface area (Å²) in [5.41, 5.74) is 0.519. The van der Waals surface area contributed by atoms with Gasteiger partial charge in [-0.25, -0.2) is 4.99 Å². The van der Waals surface area contributed by atoms with Crippen molar-refractivity contribution in [3.8, 4) is 0 Å². The largest absolute Gasteiger partial charge is 0.474 e. The molecule has 4 nitrogen and oxygen atoms in total. The minimum Gasteiger partial charge on any atom is -0.474 e. The second kappa shape index (κ2) is 2.81. The Hall–Kier alpha value is -1.58. The number of nitrogens with one attached hydrogen (secondary N) is 1. The fourth-order valence-electron chi connectivity index (χ4n) is 1.07. The molecule has 0 saturated carbocycles. The van der Waals surface area contributed by atoms with Crippen LogP contribution in [-0.2, 0) is 4.74 Å². The second-order valence-corrected chi connectivity index (χ2v) is 2.46. The van der Waals surface area contributed by atoms with Crippen molar-refractivity contribution in [3.63, 3.8) is 0 Å². The van der Waals surface area contributed by atoms with Crippen LogP contribution in [0.25, 0.3) is 0 Å². The zero-order valence-corrected chi connectivity index (χ0v) is 6.41. The maximum Gasteiger partial charge on any atom is 0.248 e. The summed E-state index contributed by atoms with van der Waals surface area (Å²) >= 11 is 0. The first-order valence-electron chi connectivity index (χ1n) is 3.73. The monoisotopic (exact) mass is 164 g/mol. The van der Waals surface area contributed by atoms with Gasteiger partial charge in [0, 0.05) is 6.07 Å². The van der Waals surface area contributed by atoms with Gasteiger partial charge in [-0.3, -0.25) is 4.79 Å². The molecular weight excluding hydrogens is 156 g/mol. The lowest BCUT2D eigenvalue weighted by Crippen LogP contribution is -2.11. The van der Waals surface area contributed by atoms with Crippen LogP contribution >= 0.6 is 0 Å². The van der Waals surface area contributed by atoms with Gasteiger partial charge in [0.1, 0.15) is 12.3 Å². The van der Waals surface area contributed by atoms with E-state index in [2.05, 4.69) is 9.98 Å². The van der Waals surface area contributed by atoms with Crippen LogP contribution in [0.1, 0.15) is 5.69 Å². The van der Waals surface area contributed by atoms with E-state index >= 15 is 0 Å². The van der Waals surface area contributed by atoms with E-state index < -0.39 is 0 Å². The summed E-state index contributed by atoms with van der Waals surface area (Å²) in [6, 6.07) is 4.91. The van der Waals surface area contributed by atoms with Gasteiger partial charge >= 0.3 is 0 Å². The molecule has 4 heteroatoms. The molecule has 0 bridgehead atoms. The van der Waals surface area contributed by atoms with Gasteiger partial charge in [0.25, 0.3) is 0 Å². The third-order valence-electron chi connectivity index (χ3n) is 1.58. The predicted molar refractivity (Wildman–Crippen MR) is 44.4 cm³/mol. The Morgan fingerprint density at radius 1 is 1.50 bits per heavy atom. The Kier molecular flexibility index (Phi) is 1.66. The van der Waals surface area contributed by atoms with E-state index in [-0.39, 0.29) is 5.56 Å². The van der Waals surface area contributed by atoms with Gasteiger partial charge in [0.15, 0.2) is 0 Å². The molecule has 1 aromatic heterocycles. The number of rotatable bonds is 1. The molecule has 1 N–H and O–H groups in total. The van der Waals surface area contributed by atoms with Crippen molar-refractivity contribution in [2.75, 3.05) is 13.2 Å². The highest BCUT2D eigenvalue weighted by Gasteiger charge is 2.09. The van der Waals surface area contributed by atoms with Crippen LogP contribution in [0, 0.1) is 0 Å². The summed E-state index contributed by atoms with van der Waals surface area (Å²) in [5, 5.41) is 0. The maximum absolute atomic E-state index is 10.9. The smallest absolute Gasteiger partial charge is 0.248 e. The molecule has 1 aromatic rings. The SMILES string of the molecule is O=c1cccc(C2=NCCO2)[nH]1. The van der Waals surface area contributed by atoms with Crippen LogP contribution < -0.4 is 5.56 Å². The van der Waals surface area contributed by atoms with Crippen LogP contribution in [0.3, 0.4) is 0 Å². The Balaban J connectivity index is 2.39. The van der Waals surface area contributed by atoms with Crippen LogP contribution in [0.5, 0.6) is 0 Å². The van der Waals surface area contributed by atoms with Crippen molar-refractivity contribution in [2.45, 2.75) is 0 Å². The molecule has 0 saturated heterocycles. The Morgan fingerprint density at radius 2 is 2.42 bits per heavy atom. The quantitative estimate of drug-likeness (QED) is 0.642. The first-order chi connectivity index (χ1) is 5.86. The highest BCUT2D eigenvalue weighted by Crippen LogP contribution is 2.01. The average Bonchev–Trinajstić information content (AvgIpc) is 2.56. The Labute approximate surface area is 68.9 Å². The van der Waals surface area contributed by atoms with Gasteiger partial charge in [-0.2, -0.15) is 0 Å². The van der Waals surface area contributed by atoms with Gasteiger partial charge in [0.2, 0.25) is 11.5 Å². The van der Waals surface area contributed by atoms with Gasteiger partial charge in [-0.15, -0.1) is 0 Å². The van der Waals surface area contributed by atoms with E-state index in [0.717, 1.165) is 0 Å². The lowest BCUT2D eigenvalue weighted by Gasteiger charge is -1.98. The standard InChI is InChI=1S/C8H8N2O2/c11-7-3-1-2-6(10-7)8-9-4-5-12-8/h1-3H,4-5H2,(H,10,11). The van der Waals surface area contributed by atoms with Gasteiger partial charge in [-0.1, -0.05) is 6.07 Å². The summed E-state index contributed by atoms with van der Waals surface area (Å²) < 4.78 is 5.17. The molecule has 62 valence electrons. The summed E-state index contributed by atoms with van der Waals surface area (Å²) in [6.45, 7) is 1.28. The number of hydrogen-bond donors (Lipinski definition) is 1. The number of aliphatic imine (C=N–C) groups is 1. The zero-order chi connectivity index (χ0) is 8.39. The Bertz CT molecular complexity index is 367. The number of aromatic nitrogens is 1. The molecule has 1 aliphatic rings. The molecule has 0 spiro atoms. The third kappa shape index (κ3) is 1.23. The van der Waals surface area contributed by atoms with E-state index in [0.29, 0.717) is 24.7 Å². The van der Waals surface area contributed by atoms with Gasteiger partial charge < -0.3 is 9.72 Å². The zero-order valence-electron chi connectivity index (χ0n) is 6.41. The summed E-state index contributed by atoms with van der Waals surface area (Å²) in [7, 11) is 0. The van der Waals surface area contributed by atoms with E-state index in [1.165, 1.54) is 6.07 Å². The van der Waals surface area contributed by atoms with E-state index in [1.807, 2.05) is 0 Å². The molecule has 1 aliphatic heterocycles. The normalized spacial score (nSPS) is 15.5. The van der Waals surface area contributed by atoms with Crippen LogP contribution in [0.2, 0.25) is 0 Å². The van der Waals surface area contributed by atoms with Crippen molar-refractivity contribution in [1.82, 2.24) is 4.98 Å². The Morgan fingerprint density at radius 3 is 3.08 bits per heavy atom. The van der Waals surface area contributed by atoms with Gasteiger partial charge in [-0.05, 0) is 6.07 Å². The van der Waals surface area contributed by atoms with Crippen LogP contribution in [-0.4, -0.2) is 24.0 Å². The molecule has 0 aliphatic carbocycles. The molecule has 2 rings (SSSR count). The highest BCUT2D eigenvalue weighted by atomic mass is 16.5. The highest BCUT2D eigenvalue weighted by molar-refractivity contribution is 5.92. The molecule has 2 heterocycles. The van der Waals surface area contributed by atoms with Crippen molar-refractivity contribution >= 4 is 5.90 Å². The molecular formula is C8H8N2O2. The van der Waals surface area contributed by atoms with E-state index in [9.17, 15) is 4.79 Å². The van der Waals surface area contributed by atoms with Gasteiger partial charge in [0.05, 0.1) is 6.54 Å². The number of aromatic amines is 1. The predicted octanol–water partition coefficient (Wildman–Crippen LogP) is 0.152. The van der Waals surface area contributed by atoms with E-state index in [1.54, 1.807) is 12.1 Å². The summed E-state index contributed by atoms with van der Waals surface area (Å²) in [5.74, 6) is 0.535. The van der Waals surface area contributed by atoms with Crippen molar-refractivity contribution < 1.29 is 4.74 Å². The van der Waals surface area contributed by atoms with Crippen molar-refractivity contribution in [1.29, 1.82) is 0 Å². The topological polar surface area (TPSA) is 54.4 Å². The summed E-state index contributed by atoms with van der Waals surface area (Å²) in [4.78, 5) is 17.6. The number of pyridine rings is 1. The third-order valence-corrected chi connectivity index (χ3v) is 1.58. The number of nitrogens with zero attached hydrogens (tertiary/aromatic N) is 1. The first kappa shape index (κ1) is 7.09. The molecule has 0 radical (unpaired) electrons. The lowest BCUT2D eigenvalue weighted by atomic mass is 10.3. The molecule has 0 unspecified atom stereocenters. The minimum atomic E-state index is -0.134. The average molecular weight is 164 g/mol. The lowest BCUT2D eigenvalue weighted by molar-refractivity contribution is 0.347. The molecule has 0 fully saturated rings. The first-order valence-corrected chi connectivity index (χ1v) is 3.73. The fraction of sp³-hybridized carbons (Fsp3) is 0.250. The number of hydrogen-bond acceptors (Lipinski definition) is 3.